The van der Waals surface area contributed by atoms with Gasteiger partial charge in [-0.05, 0) is 18.3 Å². The molecule has 0 heterocycles. The minimum absolute atomic E-state index is 0.140. The third kappa shape index (κ3) is 1.14. The van der Waals surface area contributed by atoms with E-state index >= 15 is 0 Å². The molecule has 0 radical (unpaired) electrons. The molecule has 4 nitrogen and oxygen atoms in total. The third-order valence-corrected chi connectivity index (χ3v) is 3.26. The van der Waals surface area contributed by atoms with Crippen LogP contribution in [0.4, 0.5) is 0 Å². The molecule has 0 aliphatic heterocycles. The monoisotopic (exact) mass is 195 g/mol. The van der Waals surface area contributed by atoms with Gasteiger partial charge in [-0.3, -0.25) is 9.59 Å². The lowest BCUT2D eigenvalue weighted by atomic mass is 9.82. The summed E-state index contributed by atoms with van der Waals surface area (Å²) < 4.78 is 4.69. The number of methoxy groups -OCH3 is 1. The average molecular weight is 195 g/mol. The largest absolute Gasteiger partial charge is 0.469 e. The molecule has 0 aromatic heterocycles. The first-order valence-corrected chi connectivity index (χ1v) is 4.70. The first-order chi connectivity index (χ1) is 6.65. The Balaban J connectivity index is 2.26. The molecule has 2 aliphatic carbocycles. The first-order valence-electron chi connectivity index (χ1n) is 4.70. The number of fused-ring (bicyclic) bond motifs is 2. The van der Waals surface area contributed by atoms with Gasteiger partial charge in [0.2, 0.25) is 5.91 Å². The van der Waals surface area contributed by atoms with Gasteiger partial charge < -0.3 is 10.5 Å². The van der Waals surface area contributed by atoms with E-state index < -0.39 is 5.91 Å². The van der Waals surface area contributed by atoms with Gasteiger partial charge in [-0.1, -0.05) is 12.2 Å². The predicted molar refractivity (Wildman–Crippen MR) is 48.9 cm³/mol. The van der Waals surface area contributed by atoms with E-state index in [-0.39, 0.29) is 29.6 Å². The van der Waals surface area contributed by atoms with Gasteiger partial charge in [0, 0.05) is 0 Å². The van der Waals surface area contributed by atoms with Crippen molar-refractivity contribution in [2.45, 2.75) is 6.42 Å². The van der Waals surface area contributed by atoms with Crippen LogP contribution in [0.15, 0.2) is 12.2 Å². The van der Waals surface area contributed by atoms with Crippen LogP contribution >= 0.6 is 0 Å². The number of hydrogen-bond acceptors (Lipinski definition) is 3. The van der Waals surface area contributed by atoms with Crippen LogP contribution in [-0.4, -0.2) is 19.0 Å². The molecule has 76 valence electrons. The summed E-state index contributed by atoms with van der Waals surface area (Å²) in [6, 6.07) is 0. The Bertz CT molecular complexity index is 310. The first kappa shape index (κ1) is 9.24. The molecular weight excluding hydrogens is 182 g/mol. The average Bonchev–Trinajstić information content (AvgIpc) is 2.74. The van der Waals surface area contributed by atoms with Crippen molar-refractivity contribution in [3.8, 4) is 0 Å². The number of nitrogens with two attached hydrogens (primary N) is 1. The van der Waals surface area contributed by atoms with E-state index in [2.05, 4.69) is 4.74 Å². The van der Waals surface area contributed by atoms with Gasteiger partial charge in [0.25, 0.3) is 0 Å². The SMILES string of the molecule is COC(=O)C1C2C=CC(C2)C1C(N)=O. The van der Waals surface area contributed by atoms with Crippen LogP contribution in [0.1, 0.15) is 6.42 Å². The maximum atomic E-state index is 11.5. The summed E-state index contributed by atoms with van der Waals surface area (Å²) in [4.78, 5) is 22.7. The fraction of sp³-hybridized carbons (Fsp3) is 0.600. The van der Waals surface area contributed by atoms with Crippen molar-refractivity contribution in [1.82, 2.24) is 0 Å². The van der Waals surface area contributed by atoms with E-state index in [0.29, 0.717) is 0 Å². The zero-order valence-corrected chi connectivity index (χ0v) is 7.97. The number of esters is 1. The van der Waals surface area contributed by atoms with Gasteiger partial charge in [0.15, 0.2) is 0 Å². The lowest BCUT2D eigenvalue weighted by molar-refractivity contribution is -0.150. The Hall–Kier alpha value is -1.32. The summed E-state index contributed by atoms with van der Waals surface area (Å²) in [7, 11) is 1.34. The quantitative estimate of drug-likeness (QED) is 0.501. The van der Waals surface area contributed by atoms with Crippen molar-refractivity contribution in [2.75, 3.05) is 7.11 Å². The topological polar surface area (TPSA) is 69.4 Å². The van der Waals surface area contributed by atoms with Gasteiger partial charge in [-0.15, -0.1) is 0 Å². The zero-order valence-electron chi connectivity index (χ0n) is 7.97. The minimum Gasteiger partial charge on any atom is -0.469 e. The fourth-order valence-corrected chi connectivity index (χ4v) is 2.67. The van der Waals surface area contributed by atoms with Crippen LogP contribution in [0, 0.1) is 23.7 Å². The van der Waals surface area contributed by atoms with Gasteiger partial charge in [0.1, 0.15) is 0 Å². The smallest absolute Gasteiger partial charge is 0.310 e. The molecule has 14 heavy (non-hydrogen) atoms. The van der Waals surface area contributed by atoms with Crippen molar-refractivity contribution < 1.29 is 14.3 Å². The van der Waals surface area contributed by atoms with Gasteiger partial charge in [-0.2, -0.15) is 0 Å². The summed E-state index contributed by atoms with van der Waals surface area (Å²) in [5, 5.41) is 0. The number of hydrogen-bond donors (Lipinski definition) is 1. The summed E-state index contributed by atoms with van der Waals surface area (Å²) in [5.41, 5.74) is 5.29. The second-order valence-electron chi connectivity index (χ2n) is 3.93. The Morgan fingerprint density at radius 3 is 2.36 bits per heavy atom. The van der Waals surface area contributed by atoms with Crippen molar-refractivity contribution in [1.29, 1.82) is 0 Å². The van der Waals surface area contributed by atoms with Crippen LogP contribution in [0.3, 0.4) is 0 Å². The number of carbonyl (C=O) groups excluding carboxylic acids is 2. The lowest BCUT2D eigenvalue weighted by Crippen LogP contribution is -2.37. The second-order valence-corrected chi connectivity index (χ2v) is 3.93. The molecule has 1 fully saturated rings. The highest BCUT2D eigenvalue weighted by atomic mass is 16.5. The Morgan fingerprint density at radius 2 is 1.86 bits per heavy atom. The van der Waals surface area contributed by atoms with Crippen LogP contribution in [0.2, 0.25) is 0 Å². The number of primary amides is 1. The highest BCUT2D eigenvalue weighted by Gasteiger charge is 2.51. The van der Waals surface area contributed by atoms with Crippen LogP contribution in [-0.2, 0) is 14.3 Å². The number of rotatable bonds is 2. The molecule has 0 aromatic rings. The van der Waals surface area contributed by atoms with Crippen molar-refractivity contribution in [2.24, 2.45) is 29.4 Å². The fourth-order valence-electron chi connectivity index (χ4n) is 2.67. The molecule has 2 rings (SSSR count). The van der Waals surface area contributed by atoms with Crippen LogP contribution < -0.4 is 5.73 Å². The standard InChI is InChI=1S/C10H13NO3/c1-14-10(13)8-6-3-2-5(4-6)7(8)9(11)12/h2-3,5-8H,4H2,1H3,(H2,11,12). The molecule has 0 spiro atoms. The van der Waals surface area contributed by atoms with Gasteiger partial charge in [-0.25, -0.2) is 0 Å². The molecule has 1 saturated carbocycles. The minimum atomic E-state index is -0.391. The Kier molecular flexibility index (Phi) is 2.06. The molecule has 2 aliphatic rings. The van der Waals surface area contributed by atoms with Crippen molar-refractivity contribution in [3.63, 3.8) is 0 Å². The second kappa shape index (κ2) is 3.12. The molecule has 2 N–H and O–H groups in total. The van der Waals surface area contributed by atoms with E-state index in [0.717, 1.165) is 6.42 Å². The maximum absolute atomic E-state index is 11.5. The number of ether oxygens (including phenoxy) is 1. The maximum Gasteiger partial charge on any atom is 0.310 e. The Labute approximate surface area is 82.1 Å². The molecule has 4 heteroatoms. The summed E-state index contributed by atoms with van der Waals surface area (Å²) in [5.74, 6) is -1.14. The van der Waals surface area contributed by atoms with E-state index in [1.165, 1.54) is 7.11 Å². The normalized spacial score (nSPS) is 38.6. The Morgan fingerprint density at radius 1 is 1.29 bits per heavy atom. The molecule has 0 saturated heterocycles. The van der Waals surface area contributed by atoms with Crippen LogP contribution in [0.5, 0.6) is 0 Å². The number of amides is 1. The van der Waals surface area contributed by atoms with E-state index in [9.17, 15) is 9.59 Å². The molecule has 1 amide bonds. The summed E-state index contributed by atoms with van der Waals surface area (Å²) >= 11 is 0. The molecular formula is C10H13NO3. The van der Waals surface area contributed by atoms with E-state index in [4.69, 9.17) is 5.73 Å². The molecule has 4 atom stereocenters. The van der Waals surface area contributed by atoms with Crippen molar-refractivity contribution >= 4 is 11.9 Å². The van der Waals surface area contributed by atoms with Gasteiger partial charge in [0.05, 0.1) is 18.9 Å². The third-order valence-electron chi connectivity index (χ3n) is 3.26. The number of carbonyl (C=O) groups is 2. The van der Waals surface area contributed by atoms with Gasteiger partial charge >= 0.3 is 5.97 Å². The molecule has 4 unspecified atom stereocenters. The highest BCUT2D eigenvalue weighted by Crippen LogP contribution is 2.48. The van der Waals surface area contributed by atoms with Crippen molar-refractivity contribution in [3.05, 3.63) is 12.2 Å². The summed E-state index contributed by atoms with van der Waals surface area (Å²) in [6.07, 6.45) is 4.83. The van der Waals surface area contributed by atoms with E-state index in [1.807, 2.05) is 12.2 Å². The lowest BCUT2D eigenvalue weighted by Gasteiger charge is -2.22. The number of allylic oxidation sites excluding steroid dienone is 2. The predicted octanol–water partition coefficient (Wildman–Crippen LogP) is 0.0830. The zero-order chi connectivity index (χ0) is 10.3. The highest BCUT2D eigenvalue weighted by molar-refractivity contribution is 5.86. The van der Waals surface area contributed by atoms with Crippen LogP contribution in [0.25, 0.3) is 0 Å². The molecule has 2 bridgehead atoms. The van der Waals surface area contributed by atoms with E-state index in [1.54, 1.807) is 0 Å². The summed E-state index contributed by atoms with van der Waals surface area (Å²) in [6.45, 7) is 0. The molecule has 0 aromatic carbocycles.